The van der Waals surface area contributed by atoms with E-state index in [0.29, 0.717) is 5.56 Å². The van der Waals surface area contributed by atoms with Crippen LogP contribution in [0.5, 0.6) is 0 Å². The minimum absolute atomic E-state index is 0.0622. The van der Waals surface area contributed by atoms with E-state index < -0.39 is 0 Å². The molecule has 0 amide bonds. The summed E-state index contributed by atoms with van der Waals surface area (Å²) < 4.78 is 0. The van der Waals surface area contributed by atoms with Crippen LogP contribution in [0, 0.1) is 0 Å². The minimum atomic E-state index is 0.0622. The van der Waals surface area contributed by atoms with E-state index in [-0.39, 0.29) is 5.78 Å². The highest BCUT2D eigenvalue weighted by Gasteiger charge is 2.08. The van der Waals surface area contributed by atoms with Crippen LogP contribution in [0.15, 0.2) is 41.1 Å². The maximum atomic E-state index is 11.9. The molecular formula is C12H8OS2. The lowest BCUT2D eigenvalue weighted by molar-refractivity contribution is 0.103. The van der Waals surface area contributed by atoms with E-state index in [0.717, 1.165) is 11.1 Å². The fourth-order valence-corrected chi connectivity index (χ4v) is 2.07. The van der Waals surface area contributed by atoms with E-state index in [1.807, 2.05) is 29.0 Å². The smallest absolute Gasteiger partial charge is 0.193 e. The second-order valence-electron chi connectivity index (χ2n) is 3.08. The Morgan fingerprint density at radius 2 is 1.87 bits per heavy atom. The average Bonchev–Trinajstić information content (AvgIpc) is 2.82. The summed E-state index contributed by atoms with van der Waals surface area (Å²) >= 11 is 6.33. The highest BCUT2D eigenvalue weighted by atomic mass is 32.1. The fourth-order valence-electron chi connectivity index (χ4n) is 1.27. The Kier molecular flexibility index (Phi) is 3.04. The van der Waals surface area contributed by atoms with Crippen molar-refractivity contribution in [3.05, 3.63) is 57.8 Å². The van der Waals surface area contributed by atoms with Crippen molar-refractivity contribution in [3.63, 3.8) is 0 Å². The van der Waals surface area contributed by atoms with Crippen LogP contribution in [0.1, 0.15) is 21.5 Å². The van der Waals surface area contributed by atoms with Crippen molar-refractivity contribution in [1.29, 1.82) is 0 Å². The zero-order chi connectivity index (χ0) is 10.7. The summed E-state index contributed by atoms with van der Waals surface area (Å²) in [5.41, 5.74) is 2.40. The van der Waals surface area contributed by atoms with E-state index in [2.05, 4.69) is 0 Å². The van der Waals surface area contributed by atoms with Crippen LogP contribution in [0.2, 0.25) is 0 Å². The zero-order valence-electron chi connectivity index (χ0n) is 7.84. The highest BCUT2D eigenvalue weighted by molar-refractivity contribution is 7.79. The van der Waals surface area contributed by atoms with Crippen molar-refractivity contribution in [3.8, 4) is 0 Å². The third-order valence-corrected chi connectivity index (χ3v) is 3.05. The molecule has 0 aliphatic rings. The molecule has 0 fully saturated rings. The molecule has 1 aromatic carbocycles. The Bertz CT molecular complexity index is 469. The first-order valence-corrected chi connectivity index (χ1v) is 5.85. The van der Waals surface area contributed by atoms with Crippen molar-refractivity contribution in [1.82, 2.24) is 0 Å². The molecule has 2 aromatic rings. The van der Waals surface area contributed by atoms with Gasteiger partial charge in [0.15, 0.2) is 5.78 Å². The third kappa shape index (κ3) is 2.19. The minimum Gasteiger partial charge on any atom is -0.289 e. The normalized spacial score (nSPS) is 9.87. The molecule has 0 atom stereocenters. The number of hydrogen-bond acceptors (Lipinski definition) is 3. The van der Waals surface area contributed by atoms with Crippen molar-refractivity contribution >= 4 is 34.7 Å². The summed E-state index contributed by atoms with van der Waals surface area (Å²) in [4.78, 5) is 11.9. The summed E-state index contributed by atoms with van der Waals surface area (Å²) in [5.74, 6) is 0.0622. The Balaban J connectivity index is 2.30. The summed E-state index contributed by atoms with van der Waals surface area (Å²) in [7, 11) is 0. The van der Waals surface area contributed by atoms with Crippen LogP contribution in [0.4, 0.5) is 0 Å². The van der Waals surface area contributed by atoms with Gasteiger partial charge in [-0.25, -0.2) is 0 Å². The Hall–Kier alpha value is -1.32. The second-order valence-corrected chi connectivity index (χ2v) is 4.10. The van der Waals surface area contributed by atoms with Gasteiger partial charge in [-0.1, -0.05) is 36.5 Å². The van der Waals surface area contributed by atoms with Gasteiger partial charge in [0.2, 0.25) is 0 Å². The number of carbonyl (C=O) groups excluding carboxylic acids is 1. The summed E-state index contributed by atoms with van der Waals surface area (Å²) in [6.07, 6.45) is 0. The van der Waals surface area contributed by atoms with Crippen LogP contribution >= 0.6 is 23.6 Å². The van der Waals surface area contributed by atoms with Crippen molar-refractivity contribution in [2.75, 3.05) is 0 Å². The average molecular weight is 232 g/mol. The van der Waals surface area contributed by atoms with Crippen LogP contribution in [0.25, 0.3) is 0 Å². The van der Waals surface area contributed by atoms with Gasteiger partial charge in [0.1, 0.15) is 0 Å². The number of ketones is 1. The Morgan fingerprint density at radius 3 is 2.40 bits per heavy atom. The van der Waals surface area contributed by atoms with E-state index in [9.17, 15) is 4.79 Å². The molecule has 2 rings (SSSR count). The van der Waals surface area contributed by atoms with E-state index in [1.165, 1.54) is 11.3 Å². The Morgan fingerprint density at radius 1 is 1.13 bits per heavy atom. The molecule has 15 heavy (non-hydrogen) atoms. The molecule has 0 saturated heterocycles. The van der Waals surface area contributed by atoms with E-state index >= 15 is 0 Å². The maximum Gasteiger partial charge on any atom is 0.193 e. The quantitative estimate of drug-likeness (QED) is 0.596. The first kappa shape index (κ1) is 10.2. The molecule has 1 heterocycles. The fraction of sp³-hybridized carbons (Fsp3) is 0. The van der Waals surface area contributed by atoms with Gasteiger partial charge in [-0.3, -0.25) is 4.79 Å². The van der Waals surface area contributed by atoms with Gasteiger partial charge < -0.3 is 0 Å². The molecule has 1 nitrogen and oxygen atoms in total. The number of rotatable bonds is 3. The number of thiocarbonyl (C=S) groups is 1. The van der Waals surface area contributed by atoms with Crippen molar-refractivity contribution in [2.45, 2.75) is 0 Å². The van der Waals surface area contributed by atoms with Crippen LogP contribution in [-0.2, 0) is 0 Å². The van der Waals surface area contributed by atoms with E-state index in [4.69, 9.17) is 12.2 Å². The number of carbonyl (C=O) groups is 1. The molecule has 0 aliphatic heterocycles. The summed E-state index contributed by atoms with van der Waals surface area (Å²) in [6.45, 7) is 0. The third-order valence-electron chi connectivity index (χ3n) is 2.09. The molecule has 0 aliphatic carbocycles. The lowest BCUT2D eigenvalue weighted by atomic mass is 10.1. The van der Waals surface area contributed by atoms with Crippen LogP contribution < -0.4 is 0 Å². The van der Waals surface area contributed by atoms with E-state index in [1.54, 1.807) is 17.5 Å². The van der Waals surface area contributed by atoms with Gasteiger partial charge in [-0.15, -0.1) is 0 Å². The molecule has 3 heteroatoms. The molecule has 0 bridgehead atoms. The predicted octanol–water partition coefficient (Wildman–Crippen LogP) is 3.33. The monoisotopic (exact) mass is 232 g/mol. The first-order chi connectivity index (χ1) is 7.31. The van der Waals surface area contributed by atoms with Gasteiger partial charge in [0, 0.05) is 21.9 Å². The van der Waals surface area contributed by atoms with Gasteiger partial charge in [0.05, 0.1) is 0 Å². The highest BCUT2D eigenvalue weighted by Crippen LogP contribution is 2.13. The SMILES string of the molecule is O=C(c1ccc(C=S)cc1)c1ccsc1. The second kappa shape index (κ2) is 4.47. The molecule has 0 radical (unpaired) electrons. The molecule has 0 saturated carbocycles. The zero-order valence-corrected chi connectivity index (χ0v) is 9.48. The molecule has 1 aromatic heterocycles. The lowest BCUT2D eigenvalue weighted by Gasteiger charge is -1.98. The van der Waals surface area contributed by atoms with Crippen LogP contribution in [0.3, 0.4) is 0 Å². The van der Waals surface area contributed by atoms with Crippen molar-refractivity contribution < 1.29 is 4.79 Å². The molecule has 0 N–H and O–H groups in total. The molecular weight excluding hydrogens is 224 g/mol. The van der Waals surface area contributed by atoms with Gasteiger partial charge in [-0.2, -0.15) is 11.3 Å². The molecule has 0 unspecified atom stereocenters. The van der Waals surface area contributed by atoms with Gasteiger partial charge in [-0.05, 0) is 17.0 Å². The van der Waals surface area contributed by atoms with Gasteiger partial charge >= 0.3 is 0 Å². The lowest BCUT2D eigenvalue weighted by Crippen LogP contribution is -1.99. The van der Waals surface area contributed by atoms with Crippen molar-refractivity contribution in [2.24, 2.45) is 0 Å². The number of benzene rings is 1. The summed E-state index contributed by atoms with van der Waals surface area (Å²) in [5, 5.41) is 5.35. The number of hydrogen-bond donors (Lipinski definition) is 0. The van der Waals surface area contributed by atoms with Gasteiger partial charge in [0.25, 0.3) is 0 Å². The molecule has 0 spiro atoms. The Labute approximate surface area is 97.4 Å². The maximum absolute atomic E-state index is 11.9. The number of thiophene rings is 1. The summed E-state index contributed by atoms with van der Waals surface area (Å²) in [6, 6.07) is 9.15. The standard InChI is InChI=1S/C12H8OS2/c13-12(11-5-6-15-8-11)10-3-1-9(7-14)2-4-10/h1-8H. The topological polar surface area (TPSA) is 17.1 Å². The van der Waals surface area contributed by atoms with Crippen LogP contribution in [-0.4, -0.2) is 11.2 Å². The largest absolute Gasteiger partial charge is 0.289 e. The first-order valence-electron chi connectivity index (χ1n) is 4.43. The molecule has 74 valence electrons. The predicted molar refractivity (Wildman–Crippen MR) is 67.0 cm³/mol.